The van der Waals surface area contributed by atoms with Gasteiger partial charge in [-0.2, -0.15) is 0 Å². The number of nitrogens with zero attached hydrogens (tertiary/aromatic N) is 1. The highest BCUT2D eigenvalue weighted by Crippen LogP contribution is 2.07. The first kappa shape index (κ1) is 13.4. The molecule has 1 aromatic carbocycles. The van der Waals surface area contributed by atoms with Crippen molar-refractivity contribution in [2.75, 3.05) is 13.6 Å². The smallest absolute Gasteiger partial charge is 0.304 e. The Morgan fingerprint density at radius 3 is 2.29 bits per heavy atom. The molecule has 0 saturated heterocycles. The van der Waals surface area contributed by atoms with Crippen molar-refractivity contribution in [3.8, 4) is 0 Å². The fraction of sp³-hybridized carbons (Fsp3) is 0.385. The zero-order valence-electron chi connectivity index (χ0n) is 10.1. The van der Waals surface area contributed by atoms with Crippen molar-refractivity contribution in [2.45, 2.75) is 19.9 Å². The summed E-state index contributed by atoms with van der Waals surface area (Å²) >= 11 is 0. The average Bonchev–Trinajstić information content (AvgIpc) is 2.27. The second-order valence-corrected chi connectivity index (χ2v) is 4.13. The van der Waals surface area contributed by atoms with Crippen LogP contribution in [0.15, 0.2) is 24.3 Å². The highest BCUT2D eigenvalue weighted by atomic mass is 16.4. The summed E-state index contributed by atoms with van der Waals surface area (Å²) in [5, 5.41) is 8.56. The minimum atomic E-state index is -0.788. The molecular formula is C13H17NO3. The predicted octanol–water partition coefficient (Wildman–Crippen LogP) is 1.80. The maximum Gasteiger partial charge on any atom is 0.304 e. The van der Waals surface area contributed by atoms with E-state index in [1.807, 2.05) is 24.1 Å². The molecule has 0 aliphatic carbocycles. The van der Waals surface area contributed by atoms with Gasteiger partial charge in [-0.15, -0.1) is 0 Å². The quantitative estimate of drug-likeness (QED) is 0.764. The van der Waals surface area contributed by atoms with Crippen molar-refractivity contribution in [2.24, 2.45) is 0 Å². The van der Waals surface area contributed by atoms with Gasteiger partial charge in [0, 0.05) is 18.7 Å². The van der Waals surface area contributed by atoms with Crippen LogP contribution in [0.1, 0.15) is 29.3 Å². The molecule has 0 aliphatic heterocycles. The Morgan fingerprint density at radius 1 is 1.24 bits per heavy atom. The maximum absolute atomic E-state index is 11.1. The number of carboxylic acids is 1. The van der Waals surface area contributed by atoms with E-state index in [1.165, 1.54) is 6.92 Å². The second-order valence-electron chi connectivity index (χ2n) is 4.13. The molecule has 0 unspecified atom stereocenters. The van der Waals surface area contributed by atoms with Crippen LogP contribution in [-0.4, -0.2) is 35.4 Å². The summed E-state index contributed by atoms with van der Waals surface area (Å²) in [7, 11) is 1.88. The summed E-state index contributed by atoms with van der Waals surface area (Å²) in [6.45, 7) is 2.74. The standard InChI is InChI=1S/C13H17NO3/c1-10(15)12-5-3-11(4-6-12)9-14(2)8-7-13(16)17/h3-6H,7-9H2,1-2H3,(H,16,17). The number of hydrogen-bond acceptors (Lipinski definition) is 3. The van der Waals surface area contributed by atoms with E-state index in [2.05, 4.69) is 0 Å². The van der Waals surface area contributed by atoms with Crippen LogP contribution in [-0.2, 0) is 11.3 Å². The van der Waals surface area contributed by atoms with Gasteiger partial charge >= 0.3 is 5.97 Å². The Balaban J connectivity index is 2.51. The molecule has 4 heteroatoms. The number of ketones is 1. The highest BCUT2D eigenvalue weighted by Gasteiger charge is 2.04. The largest absolute Gasteiger partial charge is 0.481 e. The molecule has 0 aliphatic rings. The van der Waals surface area contributed by atoms with Gasteiger partial charge in [-0.3, -0.25) is 9.59 Å². The fourth-order valence-electron chi connectivity index (χ4n) is 1.52. The third kappa shape index (κ3) is 4.78. The lowest BCUT2D eigenvalue weighted by atomic mass is 10.1. The van der Waals surface area contributed by atoms with E-state index in [0.717, 1.165) is 5.56 Å². The van der Waals surface area contributed by atoms with E-state index in [-0.39, 0.29) is 12.2 Å². The first-order chi connectivity index (χ1) is 7.99. The van der Waals surface area contributed by atoms with Gasteiger partial charge in [0.05, 0.1) is 6.42 Å². The van der Waals surface area contributed by atoms with Crippen LogP contribution < -0.4 is 0 Å². The Kier molecular flexibility index (Phi) is 4.84. The van der Waals surface area contributed by atoms with Gasteiger partial charge in [-0.1, -0.05) is 24.3 Å². The van der Waals surface area contributed by atoms with Gasteiger partial charge < -0.3 is 10.0 Å². The average molecular weight is 235 g/mol. The fourth-order valence-corrected chi connectivity index (χ4v) is 1.52. The molecule has 0 saturated carbocycles. The summed E-state index contributed by atoms with van der Waals surface area (Å²) in [6.07, 6.45) is 0.141. The van der Waals surface area contributed by atoms with E-state index in [1.54, 1.807) is 12.1 Å². The number of Topliss-reactive ketones (excluding diaryl/α,β-unsaturated/α-hetero) is 1. The van der Waals surface area contributed by atoms with Crippen LogP contribution in [0.3, 0.4) is 0 Å². The zero-order valence-corrected chi connectivity index (χ0v) is 10.1. The Hall–Kier alpha value is -1.68. The maximum atomic E-state index is 11.1. The molecule has 0 atom stereocenters. The third-order valence-electron chi connectivity index (χ3n) is 2.52. The molecule has 1 aromatic rings. The Labute approximate surface area is 101 Å². The lowest BCUT2D eigenvalue weighted by Crippen LogP contribution is -2.21. The molecule has 0 amide bonds. The number of aliphatic carboxylic acids is 1. The van der Waals surface area contributed by atoms with Crippen molar-refractivity contribution in [3.05, 3.63) is 35.4 Å². The summed E-state index contributed by atoms with van der Waals surface area (Å²) in [4.78, 5) is 23.4. The monoisotopic (exact) mass is 235 g/mol. The second kappa shape index (κ2) is 6.15. The minimum absolute atomic E-state index is 0.0516. The highest BCUT2D eigenvalue weighted by molar-refractivity contribution is 5.93. The number of hydrogen-bond donors (Lipinski definition) is 1. The number of carboxylic acid groups (broad SMARTS) is 1. The van der Waals surface area contributed by atoms with E-state index in [9.17, 15) is 9.59 Å². The number of carbonyl (C=O) groups is 2. The lowest BCUT2D eigenvalue weighted by molar-refractivity contribution is -0.137. The minimum Gasteiger partial charge on any atom is -0.481 e. The van der Waals surface area contributed by atoms with Crippen molar-refractivity contribution in [1.82, 2.24) is 4.90 Å². The molecule has 0 spiro atoms. The van der Waals surface area contributed by atoms with E-state index < -0.39 is 5.97 Å². The van der Waals surface area contributed by atoms with Gasteiger partial charge in [-0.05, 0) is 19.5 Å². The van der Waals surface area contributed by atoms with Gasteiger partial charge in [0.1, 0.15) is 0 Å². The van der Waals surface area contributed by atoms with Crippen LogP contribution in [0.2, 0.25) is 0 Å². The van der Waals surface area contributed by atoms with Crippen LogP contribution in [0, 0.1) is 0 Å². The molecule has 0 bridgehead atoms. The number of carbonyl (C=O) groups excluding carboxylic acids is 1. The van der Waals surface area contributed by atoms with Gasteiger partial charge in [0.15, 0.2) is 5.78 Å². The Morgan fingerprint density at radius 2 is 1.82 bits per heavy atom. The molecule has 1 N–H and O–H groups in total. The van der Waals surface area contributed by atoms with Gasteiger partial charge in [-0.25, -0.2) is 0 Å². The first-order valence-corrected chi connectivity index (χ1v) is 5.49. The molecule has 17 heavy (non-hydrogen) atoms. The molecule has 0 fully saturated rings. The van der Waals surface area contributed by atoms with E-state index >= 15 is 0 Å². The van der Waals surface area contributed by atoms with Crippen LogP contribution in [0.4, 0.5) is 0 Å². The normalized spacial score (nSPS) is 10.5. The zero-order chi connectivity index (χ0) is 12.8. The van der Waals surface area contributed by atoms with Gasteiger partial charge in [0.25, 0.3) is 0 Å². The van der Waals surface area contributed by atoms with Crippen molar-refractivity contribution in [1.29, 1.82) is 0 Å². The Bertz CT molecular complexity index is 398. The third-order valence-corrected chi connectivity index (χ3v) is 2.52. The molecule has 1 rings (SSSR count). The first-order valence-electron chi connectivity index (χ1n) is 5.49. The summed E-state index contributed by atoms with van der Waals surface area (Å²) < 4.78 is 0. The molecular weight excluding hydrogens is 218 g/mol. The SMILES string of the molecule is CC(=O)c1ccc(CN(C)CCC(=O)O)cc1. The molecule has 0 heterocycles. The topological polar surface area (TPSA) is 57.6 Å². The van der Waals surface area contributed by atoms with E-state index in [0.29, 0.717) is 18.7 Å². The van der Waals surface area contributed by atoms with Crippen molar-refractivity contribution in [3.63, 3.8) is 0 Å². The number of benzene rings is 1. The molecule has 92 valence electrons. The van der Waals surface area contributed by atoms with Crippen molar-refractivity contribution >= 4 is 11.8 Å². The summed E-state index contributed by atoms with van der Waals surface area (Å²) in [5.74, 6) is -0.737. The molecule has 0 radical (unpaired) electrons. The summed E-state index contributed by atoms with van der Waals surface area (Å²) in [6, 6.07) is 7.38. The van der Waals surface area contributed by atoms with Crippen LogP contribution in [0.5, 0.6) is 0 Å². The van der Waals surface area contributed by atoms with Crippen LogP contribution >= 0.6 is 0 Å². The predicted molar refractivity (Wildman–Crippen MR) is 65.0 cm³/mol. The molecule has 4 nitrogen and oxygen atoms in total. The van der Waals surface area contributed by atoms with Gasteiger partial charge in [0.2, 0.25) is 0 Å². The van der Waals surface area contributed by atoms with Crippen LogP contribution in [0.25, 0.3) is 0 Å². The lowest BCUT2D eigenvalue weighted by Gasteiger charge is -2.15. The van der Waals surface area contributed by atoms with E-state index in [4.69, 9.17) is 5.11 Å². The number of rotatable bonds is 6. The van der Waals surface area contributed by atoms with Crippen molar-refractivity contribution < 1.29 is 14.7 Å². The molecule has 0 aromatic heterocycles. The summed E-state index contributed by atoms with van der Waals surface area (Å²) in [5.41, 5.74) is 1.77.